The minimum Gasteiger partial charge on any atom is -0.383 e. The Bertz CT molecular complexity index is 603. The summed E-state index contributed by atoms with van der Waals surface area (Å²) in [5.74, 6) is 0. The third-order valence-corrected chi connectivity index (χ3v) is 4.20. The summed E-state index contributed by atoms with van der Waals surface area (Å²) in [4.78, 5) is 10.3. The molecule has 0 amide bonds. The lowest BCUT2D eigenvalue weighted by atomic mass is 10.2. The number of nitro benzene ring substituents is 1. The molecule has 0 aliphatic rings. The van der Waals surface area contributed by atoms with E-state index in [1.807, 2.05) is 0 Å². The molecule has 0 spiro atoms. The average Bonchev–Trinajstić information content (AvgIpc) is 2.38. The number of nitrogens with zero attached hydrogens (tertiary/aromatic N) is 1. The number of nitro groups is 1. The number of nitrogens with one attached hydrogen (secondary N) is 2. The van der Waals surface area contributed by atoms with Crippen molar-refractivity contribution in [2.75, 3.05) is 25.6 Å². The van der Waals surface area contributed by atoms with Gasteiger partial charge in [-0.25, -0.2) is 13.1 Å². The summed E-state index contributed by atoms with van der Waals surface area (Å²) in [7, 11) is -2.37. The number of hydrogen-bond acceptors (Lipinski definition) is 6. The zero-order valence-electron chi connectivity index (χ0n) is 12.1. The Kier molecular flexibility index (Phi) is 6.06. The standard InChI is InChI=1S/C12H19N3O5S/c1-4-13-11-6-5-10(7-12(11)15(16)17)21(18,19)14-9(2)8-20-3/h5-7,9,13-14H,4,8H2,1-3H3. The van der Waals surface area contributed by atoms with Crippen LogP contribution in [-0.4, -0.2) is 39.6 Å². The minimum atomic E-state index is -3.83. The molecule has 0 aliphatic heterocycles. The molecule has 1 atom stereocenters. The summed E-state index contributed by atoms with van der Waals surface area (Å²) in [6.45, 7) is 4.14. The van der Waals surface area contributed by atoms with Crippen molar-refractivity contribution in [2.45, 2.75) is 24.8 Å². The fourth-order valence-corrected chi connectivity index (χ4v) is 3.03. The van der Waals surface area contributed by atoms with Gasteiger partial charge in [-0.2, -0.15) is 0 Å². The number of anilines is 1. The van der Waals surface area contributed by atoms with E-state index in [2.05, 4.69) is 10.0 Å². The van der Waals surface area contributed by atoms with Gasteiger partial charge in [0.05, 0.1) is 16.4 Å². The summed E-state index contributed by atoms with van der Waals surface area (Å²) in [5, 5.41) is 13.9. The molecule has 21 heavy (non-hydrogen) atoms. The molecule has 0 aliphatic carbocycles. The molecule has 0 heterocycles. The predicted octanol–water partition coefficient (Wildman–Crippen LogP) is 1.34. The van der Waals surface area contributed by atoms with Gasteiger partial charge in [-0.3, -0.25) is 10.1 Å². The maximum absolute atomic E-state index is 12.2. The van der Waals surface area contributed by atoms with Crippen LogP contribution in [0.15, 0.2) is 23.1 Å². The molecule has 0 radical (unpaired) electrons. The lowest BCUT2D eigenvalue weighted by molar-refractivity contribution is -0.384. The summed E-state index contributed by atoms with van der Waals surface area (Å²) < 4.78 is 31.6. The number of methoxy groups -OCH3 is 1. The number of benzene rings is 1. The Morgan fingerprint density at radius 1 is 1.43 bits per heavy atom. The van der Waals surface area contributed by atoms with Gasteiger partial charge in [-0.1, -0.05) is 0 Å². The van der Waals surface area contributed by atoms with Crippen LogP contribution in [0.25, 0.3) is 0 Å². The quantitative estimate of drug-likeness (QED) is 0.553. The van der Waals surface area contributed by atoms with E-state index in [1.54, 1.807) is 13.8 Å². The average molecular weight is 317 g/mol. The molecular formula is C12H19N3O5S. The molecule has 1 aromatic carbocycles. The normalized spacial score (nSPS) is 12.9. The Labute approximate surface area is 123 Å². The van der Waals surface area contributed by atoms with E-state index in [-0.39, 0.29) is 22.9 Å². The van der Waals surface area contributed by atoms with Crippen molar-refractivity contribution < 1.29 is 18.1 Å². The molecule has 1 unspecified atom stereocenters. The maximum atomic E-state index is 12.2. The maximum Gasteiger partial charge on any atom is 0.293 e. The number of sulfonamides is 1. The van der Waals surface area contributed by atoms with Crippen molar-refractivity contribution in [1.29, 1.82) is 0 Å². The number of hydrogen-bond donors (Lipinski definition) is 2. The van der Waals surface area contributed by atoms with E-state index >= 15 is 0 Å². The molecule has 9 heteroatoms. The third kappa shape index (κ3) is 4.66. The van der Waals surface area contributed by atoms with Gasteiger partial charge >= 0.3 is 0 Å². The van der Waals surface area contributed by atoms with Gasteiger partial charge in [0.25, 0.3) is 5.69 Å². The first-order valence-electron chi connectivity index (χ1n) is 6.35. The Morgan fingerprint density at radius 3 is 2.62 bits per heavy atom. The van der Waals surface area contributed by atoms with Crippen LogP contribution < -0.4 is 10.0 Å². The molecule has 118 valence electrons. The minimum absolute atomic E-state index is 0.154. The van der Waals surface area contributed by atoms with E-state index in [0.29, 0.717) is 6.54 Å². The van der Waals surface area contributed by atoms with Crippen LogP contribution in [0.3, 0.4) is 0 Å². The molecular weight excluding hydrogens is 298 g/mol. The highest BCUT2D eigenvalue weighted by Crippen LogP contribution is 2.27. The molecule has 0 fully saturated rings. The zero-order valence-corrected chi connectivity index (χ0v) is 12.9. The monoisotopic (exact) mass is 317 g/mol. The molecule has 2 N–H and O–H groups in total. The molecule has 1 aromatic rings. The molecule has 0 bridgehead atoms. The van der Waals surface area contributed by atoms with E-state index in [4.69, 9.17) is 4.74 Å². The first kappa shape index (κ1) is 17.3. The molecule has 8 nitrogen and oxygen atoms in total. The van der Waals surface area contributed by atoms with Crippen molar-refractivity contribution in [3.8, 4) is 0 Å². The van der Waals surface area contributed by atoms with Crippen molar-refractivity contribution in [3.63, 3.8) is 0 Å². The van der Waals surface area contributed by atoms with Gasteiger partial charge in [-0.15, -0.1) is 0 Å². The van der Waals surface area contributed by atoms with E-state index in [9.17, 15) is 18.5 Å². The second-order valence-electron chi connectivity index (χ2n) is 4.44. The van der Waals surface area contributed by atoms with Crippen LogP contribution in [0.4, 0.5) is 11.4 Å². The van der Waals surface area contributed by atoms with E-state index in [0.717, 1.165) is 6.07 Å². The van der Waals surface area contributed by atoms with Gasteiger partial charge in [0.15, 0.2) is 0 Å². The van der Waals surface area contributed by atoms with Crippen LogP contribution in [0.5, 0.6) is 0 Å². The molecule has 0 saturated heterocycles. The lowest BCUT2D eigenvalue weighted by Crippen LogP contribution is -2.35. The molecule has 1 rings (SSSR count). The van der Waals surface area contributed by atoms with Gasteiger partial charge in [0.2, 0.25) is 10.0 Å². The fourth-order valence-electron chi connectivity index (χ4n) is 1.79. The summed E-state index contributed by atoms with van der Waals surface area (Å²) in [6, 6.07) is 3.32. The Morgan fingerprint density at radius 2 is 2.10 bits per heavy atom. The number of rotatable bonds is 8. The Balaban J connectivity index is 3.13. The summed E-state index contributed by atoms with van der Waals surface area (Å²) in [6.07, 6.45) is 0. The Hall–Kier alpha value is -1.71. The van der Waals surface area contributed by atoms with Crippen molar-refractivity contribution in [2.24, 2.45) is 0 Å². The smallest absolute Gasteiger partial charge is 0.293 e. The predicted molar refractivity (Wildman–Crippen MR) is 78.9 cm³/mol. The second kappa shape index (κ2) is 7.34. The van der Waals surface area contributed by atoms with Crippen LogP contribution in [0.1, 0.15) is 13.8 Å². The van der Waals surface area contributed by atoms with Gasteiger partial charge in [0, 0.05) is 25.8 Å². The van der Waals surface area contributed by atoms with Gasteiger partial charge in [-0.05, 0) is 26.0 Å². The van der Waals surface area contributed by atoms with Crippen molar-refractivity contribution in [1.82, 2.24) is 4.72 Å². The topological polar surface area (TPSA) is 111 Å². The SMILES string of the molecule is CCNc1ccc(S(=O)(=O)NC(C)COC)cc1[N+](=O)[O-]. The fraction of sp³-hybridized carbons (Fsp3) is 0.500. The van der Waals surface area contributed by atoms with Crippen LogP contribution in [0.2, 0.25) is 0 Å². The highest BCUT2D eigenvalue weighted by Gasteiger charge is 2.22. The highest BCUT2D eigenvalue weighted by molar-refractivity contribution is 7.89. The van der Waals surface area contributed by atoms with Gasteiger partial charge in [0.1, 0.15) is 5.69 Å². The first-order valence-corrected chi connectivity index (χ1v) is 7.83. The second-order valence-corrected chi connectivity index (χ2v) is 6.16. The summed E-state index contributed by atoms with van der Waals surface area (Å²) >= 11 is 0. The summed E-state index contributed by atoms with van der Waals surface area (Å²) in [5.41, 5.74) is 0.00510. The van der Waals surface area contributed by atoms with Crippen LogP contribution in [-0.2, 0) is 14.8 Å². The third-order valence-electron chi connectivity index (χ3n) is 2.62. The first-order chi connectivity index (χ1) is 9.81. The highest BCUT2D eigenvalue weighted by atomic mass is 32.2. The number of ether oxygens (including phenoxy) is 1. The largest absolute Gasteiger partial charge is 0.383 e. The van der Waals surface area contributed by atoms with Crippen LogP contribution in [0, 0.1) is 10.1 Å². The van der Waals surface area contributed by atoms with E-state index in [1.165, 1.54) is 19.2 Å². The molecule has 0 aromatic heterocycles. The van der Waals surface area contributed by atoms with Crippen LogP contribution >= 0.6 is 0 Å². The lowest BCUT2D eigenvalue weighted by Gasteiger charge is -2.13. The van der Waals surface area contributed by atoms with E-state index < -0.39 is 21.0 Å². The zero-order chi connectivity index (χ0) is 16.0. The van der Waals surface area contributed by atoms with Crippen molar-refractivity contribution >= 4 is 21.4 Å². The van der Waals surface area contributed by atoms with Gasteiger partial charge < -0.3 is 10.1 Å². The molecule has 0 saturated carbocycles. The van der Waals surface area contributed by atoms with Crippen molar-refractivity contribution in [3.05, 3.63) is 28.3 Å².